The van der Waals surface area contributed by atoms with E-state index in [0.717, 1.165) is 18.8 Å². The van der Waals surface area contributed by atoms with Crippen LogP contribution in [-0.4, -0.2) is 6.04 Å². The first-order valence-electron chi connectivity index (χ1n) is 7.29. The normalized spacial score (nSPS) is 27.5. The molecular weight excluding hydrogens is 305 g/mol. The first kappa shape index (κ1) is 15.0. The van der Waals surface area contributed by atoms with Gasteiger partial charge in [0, 0.05) is 6.04 Å². The highest BCUT2D eigenvalue weighted by Crippen LogP contribution is 2.33. The maximum Gasteiger partial charge on any atom is 0.137 e. The van der Waals surface area contributed by atoms with Crippen molar-refractivity contribution < 1.29 is 4.39 Å². The predicted molar refractivity (Wildman–Crippen MR) is 81.5 cm³/mol. The SMILES string of the molecule is CCCC1CCC(N)C(Cc2ccc(F)c(Br)c2)C1. The Morgan fingerprint density at radius 2 is 2.16 bits per heavy atom. The van der Waals surface area contributed by atoms with Crippen molar-refractivity contribution in [1.82, 2.24) is 0 Å². The Balaban J connectivity index is 2.01. The number of hydrogen-bond acceptors (Lipinski definition) is 1. The third-order valence-electron chi connectivity index (χ3n) is 4.33. The molecule has 3 unspecified atom stereocenters. The van der Waals surface area contributed by atoms with E-state index in [9.17, 15) is 4.39 Å². The summed E-state index contributed by atoms with van der Waals surface area (Å²) in [4.78, 5) is 0. The van der Waals surface area contributed by atoms with Gasteiger partial charge < -0.3 is 5.73 Å². The second-order valence-electron chi connectivity index (χ2n) is 5.84. The molecule has 1 aliphatic carbocycles. The summed E-state index contributed by atoms with van der Waals surface area (Å²) in [6.45, 7) is 2.25. The smallest absolute Gasteiger partial charge is 0.137 e. The van der Waals surface area contributed by atoms with Gasteiger partial charge in [-0.05, 0) is 71.1 Å². The minimum Gasteiger partial charge on any atom is -0.327 e. The van der Waals surface area contributed by atoms with E-state index in [-0.39, 0.29) is 5.82 Å². The van der Waals surface area contributed by atoms with Gasteiger partial charge in [-0.25, -0.2) is 4.39 Å². The molecule has 1 aromatic rings. The van der Waals surface area contributed by atoms with Crippen molar-refractivity contribution >= 4 is 15.9 Å². The van der Waals surface area contributed by atoms with Crippen LogP contribution >= 0.6 is 15.9 Å². The highest BCUT2D eigenvalue weighted by atomic mass is 79.9. The molecule has 1 fully saturated rings. The van der Waals surface area contributed by atoms with Crippen molar-refractivity contribution in [2.24, 2.45) is 17.6 Å². The topological polar surface area (TPSA) is 26.0 Å². The van der Waals surface area contributed by atoms with Crippen molar-refractivity contribution in [2.75, 3.05) is 0 Å². The molecular formula is C16H23BrFN. The zero-order chi connectivity index (χ0) is 13.8. The van der Waals surface area contributed by atoms with Gasteiger partial charge in [-0.15, -0.1) is 0 Å². The maximum atomic E-state index is 13.2. The largest absolute Gasteiger partial charge is 0.327 e. The van der Waals surface area contributed by atoms with Gasteiger partial charge in [0.05, 0.1) is 4.47 Å². The fourth-order valence-electron chi connectivity index (χ4n) is 3.26. The van der Waals surface area contributed by atoms with E-state index in [1.165, 1.54) is 37.3 Å². The van der Waals surface area contributed by atoms with Crippen LogP contribution in [0, 0.1) is 17.7 Å². The first-order valence-corrected chi connectivity index (χ1v) is 8.09. The monoisotopic (exact) mass is 327 g/mol. The molecule has 0 aliphatic heterocycles. The number of halogens is 2. The highest BCUT2D eigenvalue weighted by molar-refractivity contribution is 9.10. The lowest BCUT2D eigenvalue weighted by atomic mass is 9.74. The van der Waals surface area contributed by atoms with Crippen LogP contribution in [0.3, 0.4) is 0 Å². The third-order valence-corrected chi connectivity index (χ3v) is 4.94. The molecule has 3 heteroatoms. The molecule has 3 atom stereocenters. The summed E-state index contributed by atoms with van der Waals surface area (Å²) in [6, 6.07) is 5.62. The molecule has 0 spiro atoms. The number of benzene rings is 1. The van der Waals surface area contributed by atoms with Gasteiger partial charge in [0.2, 0.25) is 0 Å². The molecule has 1 aliphatic rings. The Morgan fingerprint density at radius 3 is 2.84 bits per heavy atom. The van der Waals surface area contributed by atoms with E-state index in [1.54, 1.807) is 0 Å². The molecule has 106 valence electrons. The Hall–Kier alpha value is -0.410. The Bertz CT molecular complexity index is 421. The number of rotatable bonds is 4. The van der Waals surface area contributed by atoms with Crippen LogP contribution in [0.25, 0.3) is 0 Å². The zero-order valence-corrected chi connectivity index (χ0v) is 13.1. The fraction of sp³-hybridized carbons (Fsp3) is 0.625. The van der Waals surface area contributed by atoms with Gasteiger partial charge in [0.25, 0.3) is 0 Å². The zero-order valence-electron chi connectivity index (χ0n) is 11.5. The van der Waals surface area contributed by atoms with Crippen LogP contribution < -0.4 is 5.73 Å². The molecule has 0 heterocycles. The molecule has 19 heavy (non-hydrogen) atoms. The summed E-state index contributed by atoms with van der Waals surface area (Å²) < 4.78 is 13.8. The summed E-state index contributed by atoms with van der Waals surface area (Å²) in [7, 11) is 0. The summed E-state index contributed by atoms with van der Waals surface area (Å²) in [5.41, 5.74) is 7.45. The minimum atomic E-state index is -0.194. The minimum absolute atomic E-state index is 0.194. The lowest BCUT2D eigenvalue weighted by molar-refractivity contribution is 0.221. The van der Waals surface area contributed by atoms with Gasteiger partial charge >= 0.3 is 0 Å². The Kier molecular flexibility index (Phi) is 5.40. The molecule has 0 radical (unpaired) electrons. The highest BCUT2D eigenvalue weighted by Gasteiger charge is 2.27. The summed E-state index contributed by atoms with van der Waals surface area (Å²) in [6.07, 6.45) is 7.19. The van der Waals surface area contributed by atoms with Crippen molar-refractivity contribution in [2.45, 2.75) is 51.5 Å². The van der Waals surface area contributed by atoms with Gasteiger partial charge in [-0.3, -0.25) is 0 Å². The maximum absolute atomic E-state index is 13.2. The molecule has 1 nitrogen and oxygen atoms in total. The van der Waals surface area contributed by atoms with E-state index in [2.05, 4.69) is 22.9 Å². The van der Waals surface area contributed by atoms with E-state index < -0.39 is 0 Å². The second-order valence-corrected chi connectivity index (χ2v) is 6.70. The van der Waals surface area contributed by atoms with Crippen LogP contribution in [-0.2, 0) is 6.42 Å². The average Bonchev–Trinajstić information content (AvgIpc) is 2.38. The quantitative estimate of drug-likeness (QED) is 0.854. The first-order chi connectivity index (χ1) is 9.10. The Morgan fingerprint density at radius 1 is 1.37 bits per heavy atom. The summed E-state index contributed by atoms with van der Waals surface area (Å²) >= 11 is 3.26. The van der Waals surface area contributed by atoms with E-state index >= 15 is 0 Å². The van der Waals surface area contributed by atoms with Crippen LogP contribution in [0.15, 0.2) is 22.7 Å². The lowest BCUT2D eigenvalue weighted by Gasteiger charge is -2.34. The van der Waals surface area contributed by atoms with Crippen LogP contribution in [0.4, 0.5) is 4.39 Å². The van der Waals surface area contributed by atoms with Gasteiger partial charge in [-0.2, -0.15) is 0 Å². The molecule has 0 amide bonds. The van der Waals surface area contributed by atoms with Gasteiger partial charge in [0.1, 0.15) is 5.82 Å². The molecule has 0 saturated heterocycles. The standard InChI is InChI=1S/C16H23BrFN/c1-2-3-11-5-7-16(19)13(8-11)9-12-4-6-15(18)14(17)10-12/h4,6,10-11,13,16H,2-3,5,7-9,19H2,1H3. The molecule has 2 rings (SSSR count). The molecule has 0 aromatic heterocycles. The molecule has 2 N–H and O–H groups in total. The van der Waals surface area contributed by atoms with E-state index in [4.69, 9.17) is 5.73 Å². The molecule has 0 bridgehead atoms. The third kappa shape index (κ3) is 4.03. The summed E-state index contributed by atoms with van der Waals surface area (Å²) in [5.74, 6) is 1.18. The van der Waals surface area contributed by atoms with Crippen molar-refractivity contribution in [3.63, 3.8) is 0 Å². The van der Waals surface area contributed by atoms with Gasteiger partial charge in [0.15, 0.2) is 0 Å². The van der Waals surface area contributed by atoms with Crippen LogP contribution in [0.5, 0.6) is 0 Å². The summed E-state index contributed by atoms with van der Waals surface area (Å²) in [5, 5.41) is 0. The lowest BCUT2D eigenvalue weighted by Crippen LogP contribution is -2.37. The van der Waals surface area contributed by atoms with Crippen LogP contribution in [0.2, 0.25) is 0 Å². The van der Waals surface area contributed by atoms with E-state index in [0.29, 0.717) is 16.4 Å². The number of nitrogens with two attached hydrogens (primary N) is 1. The van der Waals surface area contributed by atoms with E-state index in [1.807, 2.05) is 12.1 Å². The molecule has 1 aromatic carbocycles. The number of hydrogen-bond donors (Lipinski definition) is 1. The second kappa shape index (κ2) is 6.85. The van der Waals surface area contributed by atoms with Crippen molar-refractivity contribution in [3.05, 3.63) is 34.1 Å². The van der Waals surface area contributed by atoms with Crippen LogP contribution in [0.1, 0.15) is 44.6 Å². The van der Waals surface area contributed by atoms with Gasteiger partial charge in [-0.1, -0.05) is 25.8 Å². The fourth-order valence-corrected chi connectivity index (χ4v) is 3.69. The predicted octanol–water partition coefficient (Wildman–Crippen LogP) is 4.67. The van der Waals surface area contributed by atoms with Crippen molar-refractivity contribution in [1.29, 1.82) is 0 Å². The average molecular weight is 328 g/mol. The molecule has 1 saturated carbocycles. The van der Waals surface area contributed by atoms with Crippen molar-refractivity contribution in [3.8, 4) is 0 Å². The Labute approximate surface area is 123 Å².